The van der Waals surface area contributed by atoms with Crippen molar-refractivity contribution in [2.45, 2.75) is 18.9 Å². The predicted molar refractivity (Wildman–Crippen MR) is 62.9 cm³/mol. The van der Waals surface area contributed by atoms with Crippen molar-refractivity contribution in [3.8, 4) is 5.75 Å². The number of amides is 2. The van der Waals surface area contributed by atoms with Crippen LogP contribution in [-0.2, 0) is 9.59 Å². The number of halogens is 1. The summed E-state index contributed by atoms with van der Waals surface area (Å²) in [5, 5.41) is 15.1. The zero-order valence-corrected chi connectivity index (χ0v) is 9.62. The van der Waals surface area contributed by atoms with Gasteiger partial charge in [0, 0.05) is 11.4 Å². The Hall–Kier alpha value is -1.75. The van der Waals surface area contributed by atoms with Gasteiger partial charge in [0.2, 0.25) is 11.8 Å². The van der Waals surface area contributed by atoms with Gasteiger partial charge in [0.25, 0.3) is 0 Å². The Kier molecular flexibility index (Phi) is 3.19. The number of carbonyl (C=O) groups is 2. The third-order valence-corrected chi connectivity index (χ3v) is 2.76. The summed E-state index contributed by atoms with van der Waals surface area (Å²) in [5.41, 5.74) is 0.381. The molecule has 0 aliphatic carbocycles. The van der Waals surface area contributed by atoms with E-state index in [2.05, 4.69) is 10.6 Å². The first-order chi connectivity index (χ1) is 8.06. The van der Waals surface area contributed by atoms with Gasteiger partial charge in [-0.3, -0.25) is 14.9 Å². The molecule has 2 rings (SSSR count). The lowest BCUT2D eigenvalue weighted by atomic mass is 10.1. The van der Waals surface area contributed by atoms with Crippen molar-refractivity contribution >= 4 is 29.1 Å². The summed E-state index contributed by atoms with van der Waals surface area (Å²) in [4.78, 5) is 22.5. The number of hydrogen-bond acceptors (Lipinski definition) is 4. The Bertz CT molecular complexity index is 476. The molecule has 6 heteroatoms. The minimum absolute atomic E-state index is 0.0131. The van der Waals surface area contributed by atoms with E-state index in [0.717, 1.165) is 0 Å². The van der Waals surface area contributed by atoms with E-state index in [-0.39, 0.29) is 24.0 Å². The summed E-state index contributed by atoms with van der Waals surface area (Å²) in [6.07, 6.45) is 0.682. The molecule has 1 heterocycles. The van der Waals surface area contributed by atoms with Crippen molar-refractivity contribution in [2.75, 3.05) is 5.32 Å². The number of nitrogens with one attached hydrogen (secondary N) is 2. The van der Waals surface area contributed by atoms with Crippen LogP contribution in [0, 0.1) is 0 Å². The maximum atomic E-state index is 11.5. The van der Waals surface area contributed by atoms with Crippen LogP contribution in [0.4, 0.5) is 5.69 Å². The molecule has 0 bridgehead atoms. The third-order valence-electron chi connectivity index (χ3n) is 2.53. The fourth-order valence-electron chi connectivity index (χ4n) is 1.64. The van der Waals surface area contributed by atoms with Crippen molar-refractivity contribution < 1.29 is 14.7 Å². The number of benzene rings is 1. The molecule has 0 radical (unpaired) electrons. The number of piperidine rings is 1. The van der Waals surface area contributed by atoms with Crippen molar-refractivity contribution in [3.63, 3.8) is 0 Å². The lowest BCUT2D eigenvalue weighted by Crippen LogP contribution is -2.47. The minimum atomic E-state index is -0.530. The first-order valence-corrected chi connectivity index (χ1v) is 5.53. The average Bonchev–Trinajstić information content (AvgIpc) is 2.27. The molecule has 1 aliphatic rings. The van der Waals surface area contributed by atoms with Gasteiger partial charge >= 0.3 is 0 Å². The summed E-state index contributed by atoms with van der Waals surface area (Å²) in [6.45, 7) is 0. The first-order valence-electron chi connectivity index (χ1n) is 5.15. The Morgan fingerprint density at radius 1 is 1.41 bits per heavy atom. The van der Waals surface area contributed by atoms with Crippen LogP contribution in [0.2, 0.25) is 5.02 Å². The maximum absolute atomic E-state index is 11.5. The van der Waals surface area contributed by atoms with Crippen molar-refractivity contribution in [2.24, 2.45) is 0 Å². The van der Waals surface area contributed by atoms with Gasteiger partial charge in [0.1, 0.15) is 11.8 Å². The van der Waals surface area contributed by atoms with E-state index in [9.17, 15) is 14.7 Å². The van der Waals surface area contributed by atoms with Crippen LogP contribution in [0.5, 0.6) is 5.75 Å². The predicted octanol–water partition coefficient (Wildman–Crippen LogP) is 1.26. The Morgan fingerprint density at radius 3 is 2.88 bits per heavy atom. The monoisotopic (exact) mass is 254 g/mol. The van der Waals surface area contributed by atoms with Gasteiger partial charge < -0.3 is 10.4 Å². The third kappa shape index (κ3) is 2.68. The van der Waals surface area contributed by atoms with Gasteiger partial charge in [-0.15, -0.1) is 0 Å². The maximum Gasteiger partial charge on any atom is 0.249 e. The summed E-state index contributed by atoms with van der Waals surface area (Å²) in [6, 6.07) is 3.99. The molecule has 1 saturated heterocycles. The van der Waals surface area contributed by atoms with Crippen LogP contribution in [-0.4, -0.2) is 23.0 Å². The molecule has 1 fully saturated rings. The number of phenolic OH excluding ortho intramolecular Hbond substituents is 1. The van der Waals surface area contributed by atoms with Gasteiger partial charge in [-0.2, -0.15) is 0 Å². The molecule has 2 amide bonds. The number of anilines is 1. The molecule has 0 saturated carbocycles. The van der Waals surface area contributed by atoms with E-state index in [4.69, 9.17) is 11.6 Å². The summed E-state index contributed by atoms with van der Waals surface area (Å²) in [5.74, 6) is -0.650. The molecule has 1 unspecified atom stereocenters. The first kappa shape index (κ1) is 11.7. The largest absolute Gasteiger partial charge is 0.506 e. The summed E-state index contributed by atoms with van der Waals surface area (Å²) >= 11 is 5.79. The highest BCUT2D eigenvalue weighted by atomic mass is 35.5. The molecule has 0 spiro atoms. The zero-order chi connectivity index (χ0) is 12.4. The molecule has 3 N–H and O–H groups in total. The van der Waals surface area contributed by atoms with Crippen molar-refractivity contribution in [3.05, 3.63) is 23.2 Å². The molecule has 90 valence electrons. The quantitative estimate of drug-likeness (QED) is 0.548. The Labute approximate surface area is 103 Å². The normalized spacial score (nSPS) is 19.9. The molecule has 1 aromatic carbocycles. The van der Waals surface area contributed by atoms with Crippen LogP contribution in [0.25, 0.3) is 0 Å². The van der Waals surface area contributed by atoms with E-state index >= 15 is 0 Å². The summed E-state index contributed by atoms with van der Waals surface area (Å²) < 4.78 is 0. The molecule has 0 aromatic heterocycles. The molecule has 1 aromatic rings. The highest BCUT2D eigenvalue weighted by Gasteiger charge is 2.26. The van der Waals surface area contributed by atoms with Crippen molar-refractivity contribution in [1.29, 1.82) is 0 Å². The van der Waals surface area contributed by atoms with E-state index in [1.54, 1.807) is 6.07 Å². The second kappa shape index (κ2) is 4.63. The second-order valence-electron chi connectivity index (χ2n) is 3.81. The zero-order valence-electron chi connectivity index (χ0n) is 8.87. The van der Waals surface area contributed by atoms with Gasteiger partial charge in [0.05, 0.1) is 5.69 Å². The lowest BCUT2D eigenvalue weighted by molar-refractivity contribution is -0.133. The van der Waals surface area contributed by atoms with Crippen molar-refractivity contribution in [1.82, 2.24) is 5.32 Å². The van der Waals surface area contributed by atoms with Crippen LogP contribution in [0.15, 0.2) is 18.2 Å². The number of imide groups is 1. The summed E-state index contributed by atoms with van der Waals surface area (Å²) in [7, 11) is 0. The van der Waals surface area contributed by atoms with Gasteiger partial charge in [-0.25, -0.2) is 0 Å². The molecular formula is C11H11ClN2O3. The average molecular weight is 255 g/mol. The SMILES string of the molecule is O=C1CCC(Nc2cc(Cl)ccc2O)C(=O)N1. The molecule has 1 aliphatic heterocycles. The Balaban J connectivity index is 2.13. The van der Waals surface area contributed by atoms with Gasteiger partial charge in [-0.05, 0) is 24.6 Å². The number of hydrogen-bond donors (Lipinski definition) is 3. The van der Waals surface area contributed by atoms with Crippen LogP contribution in [0.3, 0.4) is 0 Å². The molecule has 1 atom stereocenters. The number of rotatable bonds is 2. The van der Waals surface area contributed by atoms with Gasteiger partial charge in [0.15, 0.2) is 0 Å². The second-order valence-corrected chi connectivity index (χ2v) is 4.25. The topological polar surface area (TPSA) is 78.4 Å². The smallest absolute Gasteiger partial charge is 0.249 e. The van der Waals surface area contributed by atoms with Crippen LogP contribution < -0.4 is 10.6 Å². The highest BCUT2D eigenvalue weighted by molar-refractivity contribution is 6.30. The molecule has 17 heavy (non-hydrogen) atoms. The number of phenols is 1. The molecule has 5 nitrogen and oxygen atoms in total. The minimum Gasteiger partial charge on any atom is -0.506 e. The lowest BCUT2D eigenvalue weighted by Gasteiger charge is -2.23. The molecular weight excluding hydrogens is 244 g/mol. The van der Waals surface area contributed by atoms with Crippen LogP contribution >= 0.6 is 11.6 Å². The number of carbonyl (C=O) groups excluding carboxylic acids is 2. The fourth-order valence-corrected chi connectivity index (χ4v) is 1.81. The van der Waals surface area contributed by atoms with E-state index in [0.29, 0.717) is 17.1 Å². The van der Waals surface area contributed by atoms with E-state index in [1.165, 1.54) is 12.1 Å². The number of aromatic hydroxyl groups is 1. The standard InChI is InChI=1S/C11H11ClN2O3/c12-6-1-3-9(15)8(5-6)13-7-2-4-10(16)14-11(7)17/h1,3,5,7,13,15H,2,4H2,(H,14,16,17). The van der Waals surface area contributed by atoms with Gasteiger partial charge in [-0.1, -0.05) is 11.6 Å². The van der Waals surface area contributed by atoms with E-state index in [1.807, 2.05) is 0 Å². The fraction of sp³-hybridized carbons (Fsp3) is 0.273. The Morgan fingerprint density at radius 2 is 2.18 bits per heavy atom. The van der Waals surface area contributed by atoms with E-state index < -0.39 is 6.04 Å². The van der Waals surface area contributed by atoms with Crippen LogP contribution in [0.1, 0.15) is 12.8 Å². The highest BCUT2D eigenvalue weighted by Crippen LogP contribution is 2.28.